The lowest BCUT2D eigenvalue weighted by Gasteiger charge is -2.21. The highest BCUT2D eigenvalue weighted by atomic mass is 35.5. The second-order valence-corrected chi connectivity index (χ2v) is 5.40. The van der Waals surface area contributed by atoms with Crippen molar-refractivity contribution in [1.82, 2.24) is 4.90 Å². The highest BCUT2D eigenvalue weighted by molar-refractivity contribution is 6.42. The fourth-order valence-corrected chi connectivity index (χ4v) is 2.14. The van der Waals surface area contributed by atoms with E-state index in [9.17, 15) is 0 Å². The van der Waals surface area contributed by atoms with Crippen LogP contribution in [0.4, 0.5) is 0 Å². The molecular weight excluding hydrogens is 293 g/mol. The lowest BCUT2D eigenvalue weighted by Crippen LogP contribution is -2.26. The minimum atomic E-state index is 0.159. The Labute approximate surface area is 123 Å². The van der Waals surface area contributed by atoms with Gasteiger partial charge in [-0.05, 0) is 24.1 Å². The summed E-state index contributed by atoms with van der Waals surface area (Å²) in [6.07, 6.45) is 0.700. The Balaban J connectivity index is 2.68. The van der Waals surface area contributed by atoms with Crippen LogP contribution in [0.3, 0.4) is 0 Å². The largest absolute Gasteiger partial charge is 0.396 e. The van der Waals surface area contributed by atoms with Gasteiger partial charge in [-0.25, -0.2) is 0 Å². The molecule has 2 nitrogen and oxygen atoms in total. The molecule has 100 valence electrons. The molecule has 0 aromatic heterocycles. The average Bonchev–Trinajstić information content (AvgIpc) is 2.30. The molecule has 0 saturated heterocycles. The van der Waals surface area contributed by atoms with Crippen molar-refractivity contribution in [3.8, 4) is 0 Å². The van der Waals surface area contributed by atoms with Gasteiger partial charge in [-0.2, -0.15) is 0 Å². The Morgan fingerprint density at radius 3 is 2.56 bits per heavy atom. The Morgan fingerprint density at radius 2 is 2.00 bits per heavy atom. The third-order valence-electron chi connectivity index (χ3n) is 2.42. The Morgan fingerprint density at radius 1 is 1.28 bits per heavy atom. The second-order valence-electron chi connectivity index (χ2n) is 4.05. The summed E-state index contributed by atoms with van der Waals surface area (Å²) in [5.74, 6) is 0. The van der Waals surface area contributed by atoms with Crippen LogP contribution < -0.4 is 0 Å². The fraction of sp³-hybridized carbons (Fsp3) is 0.385. The predicted octanol–water partition coefficient (Wildman–Crippen LogP) is 3.93. The second kappa shape index (κ2) is 8.03. The molecule has 0 heterocycles. The van der Waals surface area contributed by atoms with Crippen molar-refractivity contribution in [3.05, 3.63) is 45.4 Å². The molecule has 0 aliphatic carbocycles. The van der Waals surface area contributed by atoms with E-state index < -0.39 is 0 Å². The molecular formula is C13H16Cl3NO. The summed E-state index contributed by atoms with van der Waals surface area (Å²) < 4.78 is 0. The average molecular weight is 309 g/mol. The SMILES string of the molecule is C=C(Cl)CN(CCCO)Cc1ccc(Cl)c(Cl)c1. The number of nitrogens with zero attached hydrogens (tertiary/aromatic N) is 1. The van der Waals surface area contributed by atoms with Gasteiger partial charge in [0.05, 0.1) is 10.0 Å². The maximum atomic E-state index is 8.88. The molecule has 18 heavy (non-hydrogen) atoms. The Hall–Kier alpha value is -0.250. The van der Waals surface area contributed by atoms with Gasteiger partial charge < -0.3 is 5.11 Å². The summed E-state index contributed by atoms with van der Waals surface area (Å²) in [6.45, 7) is 5.88. The Bertz CT molecular complexity index is 409. The first-order valence-electron chi connectivity index (χ1n) is 5.63. The van der Waals surface area contributed by atoms with Crippen LogP contribution in [0.2, 0.25) is 10.0 Å². The molecule has 0 radical (unpaired) electrons. The molecule has 0 aliphatic heterocycles. The van der Waals surface area contributed by atoms with Crippen molar-refractivity contribution in [2.24, 2.45) is 0 Å². The molecule has 0 aliphatic rings. The number of rotatable bonds is 7. The van der Waals surface area contributed by atoms with Crippen LogP contribution in [-0.2, 0) is 6.54 Å². The number of aliphatic hydroxyl groups excluding tert-OH is 1. The minimum absolute atomic E-state index is 0.159. The van der Waals surface area contributed by atoms with Gasteiger partial charge in [-0.15, -0.1) is 0 Å². The van der Waals surface area contributed by atoms with E-state index in [2.05, 4.69) is 11.5 Å². The lowest BCUT2D eigenvalue weighted by atomic mass is 10.2. The van der Waals surface area contributed by atoms with Gasteiger partial charge in [-0.1, -0.05) is 47.4 Å². The van der Waals surface area contributed by atoms with E-state index in [1.54, 1.807) is 6.07 Å². The fourth-order valence-electron chi connectivity index (χ4n) is 1.65. The van der Waals surface area contributed by atoms with E-state index in [1.807, 2.05) is 12.1 Å². The van der Waals surface area contributed by atoms with E-state index in [-0.39, 0.29) is 6.61 Å². The third-order valence-corrected chi connectivity index (χ3v) is 3.28. The van der Waals surface area contributed by atoms with E-state index in [0.29, 0.717) is 34.6 Å². The summed E-state index contributed by atoms with van der Waals surface area (Å²) in [5, 5.41) is 10.5. The van der Waals surface area contributed by atoms with Crippen molar-refractivity contribution in [2.45, 2.75) is 13.0 Å². The summed E-state index contributed by atoms with van der Waals surface area (Å²) in [5.41, 5.74) is 1.06. The van der Waals surface area contributed by atoms with Crippen LogP contribution >= 0.6 is 34.8 Å². The summed E-state index contributed by atoms with van der Waals surface area (Å²) in [7, 11) is 0. The molecule has 1 aromatic carbocycles. The molecule has 0 saturated carbocycles. The zero-order valence-corrected chi connectivity index (χ0v) is 12.3. The summed E-state index contributed by atoms with van der Waals surface area (Å²) in [4.78, 5) is 2.10. The van der Waals surface area contributed by atoms with Crippen molar-refractivity contribution in [2.75, 3.05) is 19.7 Å². The first-order valence-corrected chi connectivity index (χ1v) is 6.76. The monoisotopic (exact) mass is 307 g/mol. The van der Waals surface area contributed by atoms with Crippen molar-refractivity contribution in [3.63, 3.8) is 0 Å². The zero-order valence-electron chi connectivity index (χ0n) is 10.0. The normalized spacial score (nSPS) is 10.9. The Kier molecular flexibility index (Phi) is 7.05. The van der Waals surface area contributed by atoms with E-state index in [1.165, 1.54) is 0 Å². The lowest BCUT2D eigenvalue weighted by molar-refractivity contribution is 0.231. The number of aliphatic hydroxyl groups is 1. The molecule has 0 fully saturated rings. The molecule has 5 heteroatoms. The number of hydrogen-bond donors (Lipinski definition) is 1. The van der Waals surface area contributed by atoms with Crippen LogP contribution in [0.25, 0.3) is 0 Å². The zero-order chi connectivity index (χ0) is 13.5. The van der Waals surface area contributed by atoms with Gasteiger partial charge in [0.1, 0.15) is 0 Å². The maximum absolute atomic E-state index is 8.88. The van der Waals surface area contributed by atoms with E-state index in [0.717, 1.165) is 12.1 Å². The predicted molar refractivity (Wildman–Crippen MR) is 78.4 cm³/mol. The molecule has 0 spiro atoms. The number of halogens is 3. The van der Waals surface area contributed by atoms with Crippen LogP contribution in [0.1, 0.15) is 12.0 Å². The number of benzene rings is 1. The third kappa shape index (κ3) is 5.59. The van der Waals surface area contributed by atoms with Gasteiger partial charge in [0.2, 0.25) is 0 Å². The van der Waals surface area contributed by atoms with Crippen molar-refractivity contribution < 1.29 is 5.11 Å². The van der Waals surface area contributed by atoms with E-state index >= 15 is 0 Å². The highest BCUT2D eigenvalue weighted by Gasteiger charge is 2.08. The molecule has 0 amide bonds. The standard InChI is InChI=1S/C13H16Cl3NO/c1-10(14)8-17(5-2-6-18)9-11-3-4-12(15)13(16)7-11/h3-4,7,18H,1-2,5-6,8-9H2. The first kappa shape index (κ1) is 15.8. The van der Waals surface area contributed by atoms with Crippen LogP contribution in [0.5, 0.6) is 0 Å². The van der Waals surface area contributed by atoms with E-state index in [4.69, 9.17) is 39.9 Å². The van der Waals surface area contributed by atoms with Gasteiger partial charge in [0, 0.05) is 31.3 Å². The van der Waals surface area contributed by atoms with Gasteiger partial charge >= 0.3 is 0 Å². The van der Waals surface area contributed by atoms with Crippen LogP contribution in [0, 0.1) is 0 Å². The van der Waals surface area contributed by atoms with Crippen LogP contribution in [-0.4, -0.2) is 29.7 Å². The van der Waals surface area contributed by atoms with Gasteiger partial charge in [-0.3, -0.25) is 4.90 Å². The summed E-state index contributed by atoms with van der Waals surface area (Å²) >= 11 is 17.7. The smallest absolute Gasteiger partial charge is 0.0595 e. The van der Waals surface area contributed by atoms with Gasteiger partial charge in [0.15, 0.2) is 0 Å². The minimum Gasteiger partial charge on any atom is -0.396 e. The molecule has 1 N–H and O–H groups in total. The molecule has 0 unspecified atom stereocenters. The first-order chi connectivity index (χ1) is 8.52. The van der Waals surface area contributed by atoms with Crippen molar-refractivity contribution >= 4 is 34.8 Å². The molecule has 0 bridgehead atoms. The summed E-state index contributed by atoms with van der Waals surface area (Å²) in [6, 6.07) is 5.54. The highest BCUT2D eigenvalue weighted by Crippen LogP contribution is 2.23. The van der Waals surface area contributed by atoms with Gasteiger partial charge in [0.25, 0.3) is 0 Å². The molecule has 1 rings (SSSR count). The maximum Gasteiger partial charge on any atom is 0.0595 e. The topological polar surface area (TPSA) is 23.5 Å². The molecule has 0 atom stereocenters. The van der Waals surface area contributed by atoms with Crippen LogP contribution in [0.15, 0.2) is 29.8 Å². The molecule has 1 aromatic rings. The number of hydrogen-bond acceptors (Lipinski definition) is 2. The quantitative estimate of drug-likeness (QED) is 0.825. The van der Waals surface area contributed by atoms with Crippen molar-refractivity contribution in [1.29, 1.82) is 0 Å².